The van der Waals surface area contributed by atoms with Gasteiger partial charge in [-0.1, -0.05) is 18.2 Å². The van der Waals surface area contributed by atoms with Crippen LogP contribution in [0.3, 0.4) is 0 Å². The highest BCUT2D eigenvalue weighted by Gasteiger charge is 2.22. The predicted octanol–water partition coefficient (Wildman–Crippen LogP) is 1.34. The lowest BCUT2D eigenvalue weighted by Crippen LogP contribution is -2.33. The molecule has 0 saturated carbocycles. The maximum absolute atomic E-state index is 11.7. The third kappa shape index (κ3) is 4.06. The van der Waals surface area contributed by atoms with E-state index in [1.54, 1.807) is 24.3 Å². The van der Waals surface area contributed by atoms with Crippen molar-refractivity contribution in [2.75, 3.05) is 19.9 Å². The van der Waals surface area contributed by atoms with Crippen molar-refractivity contribution >= 4 is 11.9 Å². The van der Waals surface area contributed by atoms with Crippen LogP contribution in [-0.2, 0) is 14.3 Å². The number of carbonyl (C=O) groups is 2. The van der Waals surface area contributed by atoms with Crippen molar-refractivity contribution in [2.45, 2.75) is 12.8 Å². The van der Waals surface area contributed by atoms with Gasteiger partial charge in [0.2, 0.25) is 6.79 Å². The van der Waals surface area contributed by atoms with E-state index in [4.69, 9.17) is 9.47 Å². The fraction of sp³-hybridized carbons (Fsp3) is 0.429. The van der Waals surface area contributed by atoms with Crippen LogP contribution in [0.5, 0.6) is 0 Å². The van der Waals surface area contributed by atoms with Gasteiger partial charge < -0.3 is 14.8 Å². The summed E-state index contributed by atoms with van der Waals surface area (Å²) in [6, 6.07) is 8.61. The second kappa shape index (κ2) is 6.89. The topological polar surface area (TPSA) is 64.6 Å². The molecule has 0 atom stereocenters. The Morgan fingerprint density at radius 2 is 1.79 bits per heavy atom. The Morgan fingerprint density at radius 3 is 2.47 bits per heavy atom. The molecule has 1 heterocycles. The average molecular weight is 263 g/mol. The van der Waals surface area contributed by atoms with Gasteiger partial charge in [0.05, 0.1) is 11.5 Å². The third-order valence-corrected chi connectivity index (χ3v) is 3.07. The van der Waals surface area contributed by atoms with Gasteiger partial charge in [-0.2, -0.15) is 0 Å². The molecule has 1 aromatic rings. The average Bonchev–Trinajstić information content (AvgIpc) is 2.49. The van der Waals surface area contributed by atoms with Gasteiger partial charge in [-0.3, -0.25) is 4.79 Å². The van der Waals surface area contributed by atoms with Crippen LogP contribution < -0.4 is 5.32 Å². The SMILES string of the molecule is O=C(OCOC(=O)C1CCNCC1)c1ccccc1. The molecule has 1 N–H and O–H groups in total. The lowest BCUT2D eigenvalue weighted by Gasteiger charge is -2.20. The van der Waals surface area contributed by atoms with E-state index >= 15 is 0 Å². The first-order valence-corrected chi connectivity index (χ1v) is 6.37. The van der Waals surface area contributed by atoms with Gasteiger partial charge in [0, 0.05) is 0 Å². The van der Waals surface area contributed by atoms with Crippen LogP contribution in [0.4, 0.5) is 0 Å². The summed E-state index contributed by atoms with van der Waals surface area (Å²) in [6.45, 7) is 1.32. The number of hydrogen-bond donors (Lipinski definition) is 1. The molecule has 0 bridgehead atoms. The summed E-state index contributed by atoms with van der Waals surface area (Å²) in [5.74, 6) is -0.863. The van der Waals surface area contributed by atoms with Crippen molar-refractivity contribution < 1.29 is 19.1 Å². The zero-order chi connectivity index (χ0) is 13.5. The molecule has 5 nitrogen and oxygen atoms in total. The highest BCUT2D eigenvalue weighted by molar-refractivity contribution is 5.89. The molecule has 1 aliphatic rings. The number of esters is 2. The van der Waals surface area contributed by atoms with Crippen LogP contribution in [0.1, 0.15) is 23.2 Å². The molecular formula is C14H17NO4. The number of hydrogen-bond acceptors (Lipinski definition) is 5. The van der Waals surface area contributed by atoms with Crippen LogP contribution in [0, 0.1) is 5.92 Å². The fourth-order valence-corrected chi connectivity index (χ4v) is 1.97. The van der Waals surface area contributed by atoms with E-state index in [9.17, 15) is 9.59 Å². The van der Waals surface area contributed by atoms with E-state index in [-0.39, 0.29) is 18.7 Å². The third-order valence-electron chi connectivity index (χ3n) is 3.07. The predicted molar refractivity (Wildman–Crippen MR) is 68.4 cm³/mol. The quantitative estimate of drug-likeness (QED) is 0.656. The zero-order valence-corrected chi connectivity index (χ0v) is 10.6. The van der Waals surface area contributed by atoms with Gasteiger partial charge in [-0.25, -0.2) is 4.79 Å². The van der Waals surface area contributed by atoms with Crippen LogP contribution in [0.2, 0.25) is 0 Å². The van der Waals surface area contributed by atoms with Gasteiger partial charge in [0.1, 0.15) is 0 Å². The molecule has 0 spiro atoms. The van der Waals surface area contributed by atoms with Crippen molar-refractivity contribution in [1.29, 1.82) is 0 Å². The van der Waals surface area contributed by atoms with Crippen molar-refractivity contribution in [3.63, 3.8) is 0 Å². The Balaban J connectivity index is 1.71. The lowest BCUT2D eigenvalue weighted by atomic mass is 9.99. The summed E-state index contributed by atoms with van der Waals surface area (Å²) in [5, 5.41) is 3.17. The summed E-state index contributed by atoms with van der Waals surface area (Å²) >= 11 is 0. The lowest BCUT2D eigenvalue weighted by molar-refractivity contribution is -0.158. The van der Waals surface area contributed by atoms with E-state index in [1.165, 1.54) is 0 Å². The molecule has 1 fully saturated rings. The standard InChI is InChI=1S/C14H17NO4/c16-13(11-4-2-1-3-5-11)18-10-19-14(17)12-6-8-15-9-7-12/h1-5,12,15H,6-10H2. The molecule has 0 unspecified atom stereocenters. The van der Waals surface area contributed by atoms with E-state index < -0.39 is 5.97 Å². The fourth-order valence-electron chi connectivity index (χ4n) is 1.97. The van der Waals surface area contributed by atoms with Gasteiger partial charge in [0.15, 0.2) is 0 Å². The number of rotatable bonds is 4. The number of piperidine rings is 1. The molecule has 0 amide bonds. The molecule has 0 radical (unpaired) electrons. The zero-order valence-electron chi connectivity index (χ0n) is 10.6. The molecule has 2 rings (SSSR count). The first kappa shape index (κ1) is 13.5. The number of ether oxygens (including phenoxy) is 2. The van der Waals surface area contributed by atoms with Crippen LogP contribution in [0.15, 0.2) is 30.3 Å². The molecule has 5 heteroatoms. The van der Waals surface area contributed by atoms with Gasteiger partial charge in [-0.15, -0.1) is 0 Å². The van der Waals surface area contributed by atoms with E-state index in [0.29, 0.717) is 5.56 Å². The van der Waals surface area contributed by atoms with Crippen LogP contribution in [-0.4, -0.2) is 31.8 Å². The van der Waals surface area contributed by atoms with Gasteiger partial charge in [0.25, 0.3) is 0 Å². The van der Waals surface area contributed by atoms with Crippen LogP contribution >= 0.6 is 0 Å². The number of carbonyl (C=O) groups excluding carboxylic acids is 2. The maximum Gasteiger partial charge on any atom is 0.340 e. The van der Waals surface area contributed by atoms with E-state index in [0.717, 1.165) is 25.9 Å². The molecule has 0 aromatic heterocycles. The summed E-state index contributed by atoms with van der Waals surface area (Å²) in [5.41, 5.74) is 0.445. The first-order chi connectivity index (χ1) is 9.27. The van der Waals surface area contributed by atoms with E-state index in [2.05, 4.69) is 5.32 Å². The minimum absolute atomic E-state index is 0.0864. The van der Waals surface area contributed by atoms with Crippen molar-refractivity contribution in [1.82, 2.24) is 5.32 Å². The highest BCUT2D eigenvalue weighted by Crippen LogP contribution is 2.13. The highest BCUT2D eigenvalue weighted by atomic mass is 16.7. The summed E-state index contributed by atoms with van der Waals surface area (Å²) in [7, 11) is 0. The Labute approximate surface area is 111 Å². The van der Waals surface area contributed by atoms with Crippen molar-refractivity contribution in [2.24, 2.45) is 5.92 Å². The molecule has 102 valence electrons. The van der Waals surface area contributed by atoms with Crippen molar-refractivity contribution in [3.05, 3.63) is 35.9 Å². The molecule has 0 aliphatic carbocycles. The summed E-state index contributed by atoms with van der Waals surface area (Å²) < 4.78 is 9.86. The van der Waals surface area contributed by atoms with Crippen molar-refractivity contribution in [3.8, 4) is 0 Å². The number of benzene rings is 1. The molecule has 1 saturated heterocycles. The largest absolute Gasteiger partial charge is 0.428 e. The molecular weight excluding hydrogens is 246 g/mol. The van der Waals surface area contributed by atoms with Gasteiger partial charge >= 0.3 is 11.9 Å². The van der Waals surface area contributed by atoms with E-state index in [1.807, 2.05) is 6.07 Å². The van der Waals surface area contributed by atoms with Crippen LogP contribution in [0.25, 0.3) is 0 Å². The second-order valence-electron chi connectivity index (χ2n) is 4.40. The normalized spacial score (nSPS) is 15.8. The Kier molecular flexibility index (Phi) is 4.92. The minimum atomic E-state index is -0.487. The Morgan fingerprint density at radius 1 is 1.11 bits per heavy atom. The summed E-state index contributed by atoms with van der Waals surface area (Å²) in [4.78, 5) is 23.3. The second-order valence-corrected chi connectivity index (χ2v) is 4.40. The summed E-state index contributed by atoms with van der Waals surface area (Å²) in [6.07, 6.45) is 1.54. The Bertz CT molecular complexity index is 426. The first-order valence-electron chi connectivity index (χ1n) is 6.37. The maximum atomic E-state index is 11.7. The van der Waals surface area contributed by atoms with Gasteiger partial charge in [-0.05, 0) is 38.1 Å². The Hall–Kier alpha value is -1.88. The minimum Gasteiger partial charge on any atom is -0.428 e. The molecule has 19 heavy (non-hydrogen) atoms. The smallest absolute Gasteiger partial charge is 0.340 e. The molecule has 1 aromatic carbocycles. The molecule has 1 aliphatic heterocycles. The number of nitrogens with one attached hydrogen (secondary N) is 1. The monoisotopic (exact) mass is 263 g/mol.